The lowest BCUT2D eigenvalue weighted by Crippen LogP contribution is -2.45. The molecule has 1 aliphatic heterocycles. The summed E-state index contributed by atoms with van der Waals surface area (Å²) >= 11 is 1.38. The second kappa shape index (κ2) is 11.1. The Bertz CT molecular complexity index is 2240. The first-order valence-electron chi connectivity index (χ1n) is 17.5. The molecule has 1 aromatic carbocycles. The van der Waals surface area contributed by atoms with Crippen LogP contribution < -0.4 is 16.1 Å². The van der Waals surface area contributed by atoms with Gasteiger partial charge in [-0.15, -0.1) is 0 Å². The van der Waals surface area contributed by atoms with Gasteiger partial charge in [-0.1, -0.05) is 37.3 Å². The zero-order valence-corrected chi connectivity index (χ0v) is 29.7. The Hall–Kier alpha value is -4.72. The van der Waals surface area contributed by atoms with E-state index >= 15 is 0 Å². The maximum Gasteiger partial charge on any atom is 0.355 e. The summed E-state index contributed by atoms with van der Waals surface area (Å²) in [7, 11) is 0. The first-order chi connectivity index (χ1) is 24.4. The number of pyridine rings is 2. The Morgan fingerprint density at radius 1 is 1.06 bits per heavy atom. The van der Waals surface area contributed by atoms with Crippen molar-refractivity contribution in [3.05, 3.63) is 71.8 Å². The van der Waals surface area contributed by atoms with Crippen LogP contribution in [0, 0.1) is 23.2 Å². The maximum atomic E-state index is 13.5. The molecule has 5 aromatic rings. The average Bonchev–Trinajstić information content (AvgIpc) is 3.76. The molecule has 0 radical (unpaired) electrons. The first-order valence-corrected chi connectivity index (χ1v) is 18.3. The van der Waals surface area contributed by atoms with Gasteiger partial charge in [-0.05, 0) is 104 Å². The number of rotatable bonds is 7. The number of hydrogen-bond acceptors (Lipinski definition) is 9. The lowest BCUT2D eigenvalue weighted by Gasteiger charge is -2.45. The highest BCUT2D eigenvalue weighted by Crippen LogP contribution is 2.78. The van der Waals surface area contributed by atoms with E-state index in [4.69, 9.17) is 15.8 Å². The number of anilines is 2. The van der Waals surface area contributed by atoms with Gasteiger partial charge >= 0.3 is 12.0 Å². The summed E-state index contributed by atoms with van der Waals surface area (Å²) in [6.45, 7) is 8.03. The number of urea groups is 1. The predicted octanol–water partition coefficient (Wildman–Crippen LogP) is 7.23. The minimum atomic E-state index is -1.11. The second-order valence-corrected chi connectivity index (χ2v) is 16.9. The van der Waals surface area contributed by atoms with Crippen molar-refractivity contribution in [2.45, 2.75) is 77.9 Å². The number of hydrogen-bond donors (Lipinski definition) is 3. The molecule has 12 nitrogen and oxygen atoms in total. The predicted molar refractivity (Wildman–Crippen MR) is 194 cm³/mol. The highest BCUT2D eigenvalue weighted by molar-refractivity contribution is 7.22. The minimum absolute atomic E-state index is 0.00792. The van der Waals surface area contributed by atoms with E-state index in [0.29, 0.717) is 28.6 Å². The van der Waals surface area contributed by atoms with Gasteiger partial charge in [0.05, 0.1) is 22.2 Å². The third-order valence-electron chi connectivity index (χ3n) is 12.3. The molecule has 4 unspecified atom stereocenters. The van der Waals surface area contributed by atoms with E-state index in [1.54, 1.807) is 17.3 Å². The lowest BCUT2D eigenvalue weighted by molar-refractivity contribution is -0.112. The molecule has 51 heavy (non-hydrogen) atoms. The van der Waals surface area contributed by atoms with Gasteiger partial charge in [0.2, 0.25) is 0 Å². The number of amides is 2. The highest BCUT2D eigenvalue weighted by Gasteiger charge is 2.74. The summed E-state index contributed by atoms with van der Waals surface area (Å²) in [4.78, 5) is 47.1. The molecular weight excluding hydrogens is 665 g/mol. The van der Waals surface area contributed by atoms with Gasteiger partial charge in [0.1, 0.15) is 0 Å². The SMILES string of the molecule is Cc1c(-c2ccc(-c3ccc4c(c3)N(C(=O)Nc3nc5ncccc5s3)CCC4)nc2C(=O)O)cnn1CC12CC3(C)CC(ON)(CC1(C)C3)C2. The molecule has 0 spiro atoms. The molecule has 4 bridgehead atoms. The van der Waals surface area contributed by atoms with Crippen LogP contribution in [0.1, 0.15) is 74.1 Å². The van der Waals surface area contributed by atoms with Gasteiger partial charge in [0, 0.05) is 47.4 Å². The number of aryl methyl sites for hydroxylation is 1. The molecule has 4 aliphatic carbocycles. The van der Waals surface area contributed by atoms with Crippen molar-refractivity contribution in [1.29, 1.82) is 0 Å². The van der Waals surface area contributed by atoms with Crippen molar-refractivity contribution in [3.63, 3.8) is 0 Å². The van der Waals surface area contributed by atoms with E-state index in [1.165, 1.54) is 11.3 Å². The normalized spacial score (nSPS) is 27.6. The third-order valence-corrected chi connectivity index (χ3v) is 13.2. The van der Waals surface area contributed by atoms with Crippen LogP contribution in [0.15, 0.2) is 54.9 Å². The summed E-state index contributed by atoms with van der Waals surface area (Å²) in [5, 5.41) is 18.7. The fourth-order valence-corrected chi connectivity index (χ4v) is 11.5. The summed E-state index contributed by atoms with van der Waals surface area (Å²) < 4.78 is 2.94. The summed E-state index contributed by atoms with van der Waals surface area (Å²) in [6, 6.07) is 13.0. The van der Waals surface area contributed by atoms with Gasteiger partial charge < -0.3 is 5.11 Å². The number of nitrogens with two attached hydrogens (primary N) is 1. The number of aromatic nitrogens is 5. The van der Waals surface area contributed by atoms with Gasteiger partial charge in [0.15, 0.2) is 16.5 Å². The monoisotopic (exact) mass is 704 g/mol. The van der Waals surface area contributed by atoms with Crippen molar-refractivity contribution in [3.8, 4) is 22.4 Å². The highest BCUT2D eigenvalue weighted by atomic mass is 32.1. The van der Waals surface area contributed by atoms with Crippen molar-refractivity contribution in [1.82, 2.24) is 24.7 Å². The molecule has 5 heterocycles. The quantitative estimate of drug-likeness (QED) is 0.149. The van der Waals surface area contributed by atoms with Crippen LogP contribution in [0.3, 0.4) is 0 Å². The number of carboxylic acid groups (broad SMARTS) is 1. The number of carboxylic acids is 1. The molecule has 5 aliphatic rings. The molecule has 13 heteroatoms. The average molecular weight is 705 g/mol. The topological polar surface area (TPSA) is 161 Å². The molecule has 262 valence electrons. The smallest absolute Gasteiger partial charge is 0.355 e. The number of fused-ring (bicyclic) bond motifs is 2. The summed E-state index contributed by atoms with van der Waals surface area (Å²) in [6.07, 6.45) is 10.2. The van der Waals surface area contributed by atoms with Crippen molar-refractivity contribution in [2.24, 2.45) is 22.1 Å². The molecular formula is C38H40N8O4S. The van der Waals surface area contributed by atoms with Crippen LogP contribution in [0.5, 0.6) is 0 Å². The zero-order chi connectivity index (χ0) is 35.3. The molecule has 4 atom stereocenters. The van der Waals surface area contributed by atoms with Crippen molar-refractivity contribution in [2.75, 3.05) is 16.8 Å². The standard InChI is InChI=1S/C38H40N8O4S/c1-22-26(15-41-46(22)21-37-17-35(2)16-36(37,3)19-38(18-35,20-37)50-39)25-10-11-27(42-30(25)32(47)48)24-9-8-23-6-5-13-45(28(23)14-24)34(49)44-33-43-31-29(51-33)7-4-12-40-31/h4,7-12,14-15H,5-6,13,16-21,39H2,1-3H3,(H,47,48)(H,40,43,44,49). The van der Waals surface area contributed by atoms with Gasteiger partial charge in [-0.25, -0.2) is 25.5 Å². The van der Waals surface area contributed by atoms with E-state index in [0.717, 1.165) is 84.3 Å². The summed E-state index contributed by atoms with van der Waals surface area (Å²) in [5.74, 6) is 4.81. The van der Waals surface area contributed by atoms with Gasteiger partial charge in [-0.3, -0.25) is 19.7 Å². The molecule has 4 aromatic heterocycles. The van der Waals surface area contributed by atoms with Crippen LogP contribution >= 0.6 is 11.3 Å². The molecule has 0 saturated heterocycles. The molecule has 4 saturated carbocycles. The molecule has 4 fully saturated rings. The minimum Gasteiger partial charge on any atom is -0.476 e. The largest absolute Gasteiger partial charge is 0.476 e. The number of benzene rings is 1. The fraction of sp³-hybridized carbons (Fsp3) is 0.421. The van der Waals surface area contributed by atoms with E-state index in [9.17, 15) is 14.7 Å². The number of carbonyl (C=O) groups is 2. The lowest BCUT2D eigenvalue weighted by atomic mass is 9.66. The van der Waals surface area contributed by atoms with Gasteiger partial charge in [0.25, 0.3) is 0 Å². The van der Waals surface area contributed by atoms with Crippen LogP contribution in [-0.2, 0) is 17.8 Å². The van der Waals surface area contributed by atoms with E-state index in [-0.39, 0.29) is 33.6 Å². The maximum absolute atomic E-state index is 13.5. The first kappa shape index (κ1) is 32.2. The van der Waals surface area contributed by atoms with Crippen molar-refractivity contribution < 1.29 is 19.5 Å². The third kappa shape index (κ3) is 5.00. The number of thiazole rings is 1. The second-order valence-electron chi connectivity index (χ2n) is 15.9. The number of carbonyl (C=O) groups excluding carboxylic acids is 1. The Kier molecular flexibility index (Phi) is 7.03. The fourth-order valence-electron chi connectivity index (χ4n) is 10.7. The number of nitrogens with one attached hydrogen (secondary N) is 1. The Morgan fingerprint density at radius 2 is 1.92 bits per heavy atom. The van der Waals surface area contributed by atoms with Crippen LogP contribution in [0.2, 0.25) is 0 Å². The van der Waals surface area contributed by atoms with Crippen molar-refractivity contribution >= 4 is 44.5 Å². The Morgan fingerprint density at radius 3 is 2.73 bits per heavy atom. The van der Waals surface area contributed by atoms with Crippen LogP contribution in [0.25, 0.3) is 32.7 Å². The number of nitrogens with zero attached hydrogens (tertiary/aromatic N) is 6. The zero-order valence-electron chi connectivity index (χ0n) is 28.9. The number of aromatic carboxylic acids is 1. The summed E-state index contributed by atoms with van der Waals surface area (Å²) in [5.41, 5.74) is 5.80. The van der Waals surface area contributed by atoms with E-state index < -0.39 is 5.97 Å². The van der Waals surface area contributed by atoms with E-state index in [2.05, 4.69) is 34.1 Å². The Labute approximate surface area is 299 Å². The van der Waals surface area contributed by atoms with Gasteiger partial charge in [-0.2, -0.15) is 10.1 Å². The van der Waals surface area contributed by atoms with E-state index in [1.807, 2.05) is 54.1 Å². The molecule has 10 rings (SSSR count). The molecule has 2 amide bonds. The Balaban J connectivity index is 1.00. The van der Waals surface area contributed by atoms with Crippen LogP contribution in [-0.4, -0.2) is 54.0 Å². The molecule has 4 N–H and O–H groups in total. The van der Waals surface area contributed by atoms with Crippen LogP contribution in [0.4, 0.5) is 15.6 Å².